The standard InChI is InChI=1S/C20H19ClN2O6S/c1-3-27-15-6-4-5-12-7-16(29-20(12)15)11(2)23-30(25,26)18-9-17-14(8-13(18)21)22-19(24)10-28-17/h4-9,11,23H,3,10H2,1-2H3,(H,22,24). The summed E-state index contributed by atoms with van der Waals surface area (Å²) in [5.74, 6) is 0.918. The molecule has 2 heterocycles. The molecule has 3 aromatic rings. The highest BCUT2D eigenvalue weighted by Crippen LogP contribution is 2.36. The van der Waals surface area contributed by atoms with Crippen molar-refractivity contribution >= 4 is 44.2 Å². The third-order valence-electron chi connectivity index (χ3n) is 4.54. The van der Waals surface area contributed by atoms with Crippen molar-refractivity contribution < 1.29 is 27.1 Å². The normalized spacial score (nSPS) is 14.7. The number of carbonyl (C=O) groups excluding carboxylic acids is 1. The zero-order valence-corrected chi connectivity index (χ0v) is 17.8. The lowest BCUT2D eigenvalue weighted by molar-refractivity contribution is -0.118. The van der Waals surface area contributed by atoms with Crippen molar-refractivity contribution in [1.29, 1.82) is 0 Å². The number of hydrogen-bond donors (Lipinski definition) is 2. The molecule has 0 aliphatic carbocycles. The molecule has 2 aromatic carbocycles. The van der Waals surface area contributed by atoms with Crippen LogP contribution in [-0.4, -0.2) is 27.5 Å². The van der Waals surface area contributed by atoms with Gasteiger partial charge in [0, 0.05) is 11.5 Å². The van der Waals surface area contributed by atoms with Crippen LogP contribution in [0.25, 0.3) is 11.0 Å². The van der Waals surface area contributed by atoms with E-state index in [1.807, 2.05) is 19.1 Å². The number of nitrogens with one attached hydrogen (secondary N) is 2. The highest BCUT2D eigenvalue weighted by Gasteiger charge is 2.27. The molecule has 8 nitrogen and oxygen atoms in total. The SMILES string of the molecule is CCOc1cccc2cc(C(C)NS(=O)(=O)c3cc4c(cc3Cl)NC(=O)CO4)oc12. The quantitative estimate of drug-likeness (QED) is 0.590. The van der Waals surface area contributed by atoms with Gasteiger partial charge in [-0.25, -0.2) is 13.1 Å². The van der Waals surface area contributed by atoms with Gasteiger partial charge in [-0.15, -0.1) is 0 Å². The second kappa shape index (κ2) is 7.82. The number of para-hydroxylation sites is 1. The Balaban J connectivity index is 1.63. The van der Waals surface area contributed by atoms with Crippen LogP contribution in [0.3, 0.4) is 0 Å². The first-order valence-electron chi connectivity index (χ1n) is 9.22. The number of fused-ring (bicyclic) bond motifs is 2. The minimum atomic E-state index is -4.01. The third kappa shape index (κ3) is 3.83. The fourth-order valence-electron chi connectivity index (χ4n) is 3.18. The summed E-state index contributed by atoms with van der Waals surface area (Å²) in [5, 5.41) is 3.35. The van der Waals surface area contributed by atoms with E-state index in [0.29, 0.717) is 29.4 Å². The van der Waals surface area contributed by atoms with E-state index in [1.54, 1.807) is 19.1 Å². The maximum Gasteiger partial charge on any atom is 0.262 e. The van der Waals surface area contributed by atoms with Gasteiger partial charge in [-0.3, -0.25) is 4.79 Å². The Bertz CT molecular complexity index is 1240. The molecule has 4 rings (SSSR count). The fraction of sp³-hybridized carbons (Fsp3) is 0.250. The van der Waals surface area contributed by atoms with Crippen molar-refractivity contribution in [3.63, 3.8) is 0 Å². The number of anilines is 1. The molecule has 0 fully saturated rings. The Morgan fingerprint density at radius 2 is 2.10 bits per heavy atom. The van der Waals surface area contributed by atoms with Gasteiger partial charge in [-0.1, -0.05) is 23.7 Å². The van der Waals surface area contributed by atoms with E-state index in [4.69, 9.17) is 25.5 Å². The Morgan fingerprint density at radius 3 is 2.87 bits per heavy atom. The van der Waals surface area contributed by atoms with E-state index < -0.39 is 16.1 Å². The van der Waals surface area contributed by atoms with E-state index in [1.165, 1.54) is 12.1 Å². The Kier molecular flexibility index (Phi) is 5.35. The molecule has 1 aliphatic heterocycles. The van der Waals surface area contributed by atoms with Crippen molar-refractivity contribution in [3.8, 4) is 11.5 Å². The molecule has 10 heteroatoms. The summed E-state index contributed by atoms with van der Waals surface area (Å²) in [6.45, 7) is 3.82. The van der Waals surface area contributed by atoms with Crippen LogP contribution in [0.4, 0.5) is 5.69 Å². The Hall–Kier alpha value is -2.75. The van der Waals surface area contributed by atoms with Gasteiger partial charge >= 0.3 is 0 Å². The van der Waals surface area contributed by atoms with Gasteiger partial charge in [-0.05, 0) is 32.0 Å². The minimum absolute atomic E-state index is 0.0394. The zero-order valence-electron chi connectivity index (χ0n) is 16.2. The number of halogens is 1. The molecule has 1 aromatic heterocycles. The molecule has 0 saturated carbocycles. The lowest BCUT2D eigenvalue weighted by Crippen LogP contribution is -2.28. The number of sulfonamides is 1. The van der Waals surface area contributed by atoms with Gasteiger partial charge in [0.15, 0.2) is 17.9 Å². The third-order valence-corrected chi connectivity index (χ3v) is 6.55. The summed E-state index contributed by atoms with van der Waals surface area (Å²) in [4.78, 5) is 11.3. The number of furan rings is 1. The number of amides is 1. The van der Waals surface area contributed by atoms with Crippen LogP contribution in [0.2, 0.25) is 5.02 Å². The van der Waals surface area contributed by atoms with Crippen molar-refractivity contribution in [2.75, 3.05) is 18.5 Å². The number of rotatable bonds is 6. The van der Waals surface area contributed by atoms with Gasteiger partial charge < -0.3 is 19.2 Å². The second-order valence-corrected chi connectivity index (χ2v) is 8.80. The van der Waals surface area contributed by atoms with Gasteiger partial charge in [0.1, 0.15) is 16.4 Å². The maximum absolute atomic E-state index is 13.0. The summed E-state index contributed by atoms with van der Waals surface area (Å²) in [5.41, 5.74) is 0.875. The van der Waals surface area contributed by atoms with Crippen LogP contribution in [0.15, 0.2) is 45.7 Å². The van der Waals surface area contributed by atoms with E-state index in [-0.39, 0.29) is 28.2 Å². The predicted molar refractivity (Wildman–Crippen MR) is 112 cm³/mol. The first-order valence-corrected chi connectivity index (χ1v) is 11.1. The largest absolute Gasteiger partial charge is 0.490 e. The lowest BCUT2D eigenvalue weighted by Gasteiger charge is -2.20. The maximum atomic E-state index is 13.0. The lowest BCUT2D eigenvalue weighted by atomic mass is 10.2. The van der Waals surface area contributed by atoms with Gasteiger partial charge in [0.2, 0.25) is 10.0 Å². The molecule has 158 valence electrons. The van der Waals surface area contributed by atoms with E-state index >= 15 is 0 Å². The van der Waals surface area contributed by atoms with Crippen LogP contribution < -0.4 is 19.5 Å². The summed E-state index contributed by atoms with van der Waals surface area (Å²) in [7, 11) is -4.01. The average Bonchev–Trinajstić information content (AvgIpc) is 3.13. The van der Waals surface area contributed by atoms with E-state index in [0.717, 1.165) is 5.39 Å². The van der Waals surface area contributed by atoms with Crippen LogP contribution in [0.1, 0.15) is 25.6 Å². The number of hydrogen-bond acceptors (Lipinski definition) is 6. The molecule has 0 spiro atoms. The average molecular weight is 451 g/mol. The second-order valence-electron chi connectivity index (χ2n) is 6.71. The number of benzene rings is 2. The van der Waals surface area contributed by atoms with Crippen molar-refractivity contribution in [3.05, 3.63) is 47.2 Å². The zero-order chi connectivity index (χ0) is 21.5. The van der Waals surface area contributed by atoms with Gasteiger partial charge in [0.05, 0.1) is 23.4 Å². The molecule has 1 atom stereocenters. The molecule has 0 radical (unpaired) electrons. The van der Waals surface area contributed by atoms with Crippen molar-refractivity contribution in [2.24, 2.45) is 0 Å². The summed E-state index contributed by atoms with van der Waals surface area (Å²) < 4.78 is 45.2. The number of ether oxygens (including phenoxy) is 2. The monoisotopic (exact) mass is 450 g/mol. The topological polar surface area (TPSA) is 107 Å². The van der Waals surface area contributed by atoms with Gasteiger partial charge in [0.25, 0.3) is 5.91 Å². The summed E-state index contributed by atoms with van der Waals surface area (Å²) in [6.07, 6.45) is 0. The first kappa shape index (κ1) is 20.5. The van der Waals surface area contributed by atoms with Crippen molar-refractivity contribution in [1.82, 2.24) is 4.72 Å². The summed E-state index contributed by atoms with van der Waals surface area (Å²) in [6, 6.07) is 9.22. The molecule has 0 bridgehead atoms. The predicted octanol–water partition coefficient (Wildman–Crippen LogP) is 3.86. The smallest absolute Gasteiger partial charge is 0.262 e. The molecular weight excluding hydrogens is 432 g/mol. The molecule has 30 heavy (non-hydrogen) atoms. The van der Waals surface area contributed by atoms with Crippen LogP contribution in [-0.2, 0) is 14.8 Å². The molecule has 0 saturated heterocycles. The number of carbonyl (C=O) groups is 1. The fourth-order valence-corrected chi connectivity index (χ4v) is 4.94. The molecule has 1 aliphatic rings. The van der Waals surface area contributed by atoms with Crippen LogP contribution >= 0.6 is 11.6 Å². The molecular formula is C20H19ClN2O6S. The first-order chi connectivity index (χ1) is 14.3. The minimum Gasteiger partial charge on any atom is -0.490 e. The van der Waals surface area contributed by atoms with Crippen molar-refractivity contribution in [2.45, 2.75) is 24.8 Å². The van der Waals surface area contributed by atoms with E-state index in [9.17, 15) is 13.2 Å². The van der Waals surface area contributed by atoms with Gasteiger partial charge in [-0.2, -0.15) is 0 Å². The Labute approximate surface area is 178 Å². The molecule has 1 unspecified atom stereocenters. The van der Waals surface area contributed by atoms with Crippen LogP contribution in [0, 0.1) is 0 Å². The summed E-state index contributed by atoms with van der Waals surface area (Å²) >= 11 is 6.18. The van der Waals surface area contributed by atoms with E-state index in [2.05, 4.69) is 10.0 Å². The molecule has 2 N–H and O–H groups in total. The Morgan fingerprint density at radius 1 is 1.30 bits per heavy atom. The molecule has 1 amide bonds. The van der Waals surface area contributed by atoms with Crippen LogP contribution in [0.5, 0.6) is 11.5 Å². The highest BCUT2D eigenvalue weighted by atomic mass is 35.5. The highest BCUT2D eigenvalue weighted by molar-refractivity contribution is 7.89.